The Morgan fingerprint density at radius 3 is 1.91 bits per heavy atom. The van der Waals surface area contributed by atoms with Gasteiger partial charge in [0.1, 0.15) is 0 Å². The van der Waals surface area contributed by atoms with E-state index in [0.29, 0.717) is 17.5 Å². The Labute approximate surface area is 329 Å². The van der Waals surface area contributed by atoms with Gasteiger partial charge in [-0.1, -0.05) is 143 Å². The first-order valence-electron chi connectivity index (χ1n) is 19.3. The van der Waals surface area contributed by atoms with E-state index in [2.05, 4.69) is 172 Å². The van der Waals surface area contributed by atoms with Gasteiger partial charge in [0.15, 0.2) is 17.5 Å². The van der Waals surface area contributed by atoms with Crippen molar-refractivity contribution in [2.75, 3.05) is 0 Å². The predicted octanol–water partition coefficient (Wildman–Crippen LogP) is 13.6. The second-order valence-electron chi connectivity index (χ2n) is 16.1. The van der Waals surface area contributed by atoms with Crippen LogP contribution in [0.3, 0.4) is 0 Å². The quantitative estimate of drug-likeness (QED) is 0.181. The van der Waals surface area contributed by atoms with Crippen LogP contribution in [0.2, 0.25) is 0 Å². The molecule has 268 valence electrons. The van der Waals surface area contributed by atoms with Crippen molar-refractivity contribution in [3.8, 4) is 51.0 Å². The number of thiophene rings is 1. The summed E-state index contributed by atoms with van der Waals surface area (Å²) in [5.41, 5.74) is 11.6. The Hall–Kier alpha value is -6.43. The van der Waals surface area contributed by atoms with E-state index in [0.717, 1.165) is 22.4 Å². The molecule has 0 unspecified atom stereocenters. The zero-order chi connectivity index (χ0) is 37.8. The molecule has 3 aromatic heterocycles. The maximum atomic E-state index is 5.26. The second kappa shape index (κ2) is 12.0. The van der Waals surface area contributed by atoms with Gasteiger partial charge in [0.2, 0.25) is 0 Å². The first kappa shape index (κ1) is 33.0. The van der Waals surface area contributed by atoms with Crippen LogP contribution in [0.4, 0.5) is 0 Å². The summed E-state index contributed by atoms with van der Waals surface area (Å²) >= 11 is 1.79. The Balaban J connectivity index is 1.13. The van der Waals surface area contributed by atoms with E-state index in [1.54, 1.807) is 11.3 Å². The third kappa shape index (κ3) is 4.74. The molecule has 11 rings (SSSR count). The Morgan fingerprint density at radius 2 is 1.05 bits per heavy atom. The lowest BCUT2D eigenvalue weighted by Crippen LogP contribution is -2.43. The molecule has 5 heteroatoms. The van der Waals surface area contributed by atoms with E-state index < -0.39 is 0 Å². The van der Waals surface area contributed by atoms with Gasteiger partial charge in [0.05, 0.1) is 11.0 Å². The van der Waals surface area contributed by atoms with Gasteiger partial charge in [-0.25, -0.2) is 15.0 Å². The molecule has 7 aromatic carbocycles. The zero-order valence-corrected chi connectivity index (χ0v) is 32.5. The monoisotopic (exact) mass is 738 g/mol. The lowest BCUT2D eigenvalue weighted by molar-refractivity contribution is 0.299. The van der Waals surface area contributed by atoms with Gasteiger partial charge in [-0.05, 0) is 75.5 Å². The molecule has 0 radical (unpaired) electrons. The van der Waals surface area contributed by atoms with Crippen LogP contribution in [0, 0.1) is 0 Å². The Morgan fingerprint density at radius 1 is 0.429 bits per heavy atom. The summed E-state index contributed by atoms with van der Waals surface area (Å²) in [7, 11) is 0. The summed E-state index contributed by atoms with van der Waals surface area (Å²) < 4.78 is 4.86. The van der Waals surface area contributed by atoms with Crippen molar-refractivity contribution in [3.05, 3.63) is 169 Å². The number of benzene rings is 7. The molecule has 0 spiro atoms. The largest absolute Gasteiger partial charge is 0.309 e. The summed E-state index contributed by atoms with van der Waals surface area (Å²) in [6, 6.07) is 56.7. The number of aromatic nitrogens is 4. The molecule has 0 saturated heterocycles. The first-order valence-corrected chi connectivity index (χ1v) is 20.1. The zero-order valence-electron chi connectivity index (χ0n) is 31.7. The van der Waals surface area contributed by atoms with Crippen molar-refractivity contribution in [2.24, 2.45) is 0 Å². The molecule has 3 heterocycles. The SMILES string of the molecule is CC1(C)c2ccccc2-c2cc3c4ccccc4n(-c4cccc(-c5nc(-c6ccccc6)nc(-c6cccc7c6sc6ccccc67)n5)c4)c3cc2C1(C)C. The van der Waals surface area contributed by atoms with Gasteiger partial charge in [-0.2, -0.15) is 0 Å². The Kier molecular flexibility index (Phi) is 7.08. The summed E-state index contributed by atoms with van der Waals surface area (Å²) in [4.78, 5) is 15.5. The Bertz CT molecular complexity index is 3200. The average Bonchev–Trinajstić information content (AvgIpc) is 3.78. The van der Waals surface area contributed by atoms with E-state index in [1.165, 1.54) is 64.2 Å². The van der Waals surface area contributed by atoms with Crippen LogP contribution in [0.15, 0.2) is 158 Å². The second-order valence-corrected chi connectivity index (χ2v) is 17.1. The van der Waals surface area contributed by atoms with Crippen molar-refractivity contribution in [1.29, 1.82) is 0 Å². The maximum absolute atomic E-state index is 5.26. The van der Waals surface area contributed by atoms with Crippen LogP contribution in [-0.4, -0.2) is 19.5 Å². The van der Waals surface area contributed by atoms with E-state index in [9.17, 15) is 0 Å². The summed E-state index contributed by atoms with van der Waals surface area (Å²) in [5.74, 6) is 1.97. The highest BCUT2D eigenvalue weighted by Gasteiger charge is 2.46. The van der Waals surface area contributed by atoms with Gasteiger partial charge >= 0.3 is 0 Å². The molecular formula is C51H38N4S. The third-order valence-electron chi connectivity index (χ3n) is 12.6. The van der Waals surface area contributed by atoms with E-state index in [-0.39, 0.29) is 10.8 Å². The first-order chi connectivity index (χ1) is 27.3. The van der Waals surface area contributed by atoms with E-state index >= 15 is 0 Å². The molecule has 1 aliphatic carbocycles. The van der Waals surface area contributed by atoms with Crippen LogP contribution in [0.1, 0.15) is 38.8 Å². The molecule has 56 heavy (non-hydrogen) atoms. The van der Waals surface area contributed by atoms with Crippen molar-refractivity contribution >= 4 is 53.3 Å². The van der Waals surface area contributed by atoms with Gasteiger partial charge in [0.25, 0.3) is 0 Å². The van der Waals surface area contributed by atoms with Crippen LogP contribution < -0.4 is 0 Å². The van der Waals surface area contributed by atoms with E-state index in [4.69, 9.17) is 15.0 Å². The normalized spacial score (nSPS) is 14.4. The minimum atomic E-state index is -0.111. The fourth-order valence-corrected chi connectivity index (χ4v) is 10.2. The number of rotatable bonds is 4. The number of para-hydroxylation sites is 1. The average molecular weight is 739 g/mol. The molecule has 0 aliphatic heterocycles. The van der Waals surface area contributed by atoms with Gasteiger partial charge in [0, 0.05) is 53.3 Å². The number of nitrogens with zero attached hydrogens (tertiary/aromatic N) is 4. The maximum Gasteiger partial charge on any atom is 0.165 e. The minimum absolute atomic E-state index is 0.0615. The van der Waals surface area contributed by atoms with Crippen LogP contribution in [0.5, 0.6) is 0 Å². The summed E-state index contributed by atoms with van der Waals surface area (Å²) in [5, 5.41) is 4.96. The molecule has 0 fully saturated rings. The number of hydrogen-bond donors (Lipinski definition) is 0. The van der Waals surface area contributed by atoms with Crippen molar-refractivity contribution < 1.29 is 0 Å². The fraction of sp³-hybridized carbons (Fsp3) is 0.118. The van der Waals surface area contributed by atoms with Gasteiger partial charge in [-0.15, -0.1) is 11.3 Å². The number of hydrogen-bond acceptors (Lipinski definition) is 4. The van der Waals surface area contributed by atoms with Gasteiger partial charge in [-0.3, -0.25) is 0 Å². The third-order valence-corrected chi connectivity index (χ3v) is 13.8. The smallest absolute Gasteiger partial charge is 0.165 e. The highest BCUT2D eigenvalue weighted by atomic mass is 32.1. The van der Waals surface area contributed by atoms with Crippen molar-refractivity contribution in [2.45, 2.75) is 38.5 Å². The highest BCUT2D eigenvalue weighted by molar-refractivity contribution is 7.26. The standard InChI is InChI=1S/C51H38N4S/c1-50(2)41-25-11-8-20-34(41)39-29-40-35-21-9-12-26-43(35)55(44(40)30-42(39)51(50,3)4)33-19-14-18-32(28-33)48-52-47(31-16-6-5-7-17-31)53-49(54-48)38-24-15-23-37-36-22-10-13-27-45(36)56-46(37)38/h5-30H,1-4H3. The molecule has 0 bridgehead atoms. The molecular weight excluding hydrogens is 701 g/mol. The van der Waals surface area contributed by atoms with Crippen LogP contribution in [0.25, 0.3) is 93.0 Å². The van der Waals surface area contributed by atoms with Crippen LogP contribution in [-0.2, 0) is 10.8 Å². The van der Waals surface area contributed by atoms with Gasteiger partial charge < -0.3 is 4.57 Å². The molecule has 10 aromatic rings. The van der Waals surface area contributed by atoms with Crippen molar-refractivity contribution in [1.82, 2.24) is 19.5 Å². The number of fused-ring (bicyclic) bond motifs is 9. The van der Waals surface area contributed by atoms with Crippen molar-refractivity contribution in [3.63, 3.8) is 0 Å². The topological polar surface area (TPSA) is 43.6 Å². The summed E-state index contributed by atoms with van der Waals surface area (Å²) in [6.45, 7) is 9.60. The lowest BCUT2D eigenvalue weighted by Gasteiger charge is -2.48. The molecule has 1 aliphatic rings. The fourth-order valence-electron chi connectivity index (χ4n) is 9.02. The molecule has 0 atom stereocenters. The predicted molar refractivity (Wildman–Crippen MR) is 235 cm³/mol. The molecule has 0 amide bonds. The molecule has 4 nitrogen and oxygen atoms in total. The van der Waals surface area contributed by atoms with E-state index in [1.807, 2.05) is 18.2 Å². The van der Waals surface area contributed by atoms with Crippen LogP contribution >= 0.6 is 11.3 Å². The molecule has 0 N–H and O–H groups in total. The summed E-state index contributed by atoms with van der Waals surface area (Å²) in [6.07, 6.45) is 0. The molecule has 0 saturated carbocycles. The highest BCUT2D eigenvalue weighted by Crippen LogP contribution is 2.55. The minimum Gasteiger partial charge on any atom is -0.309 e. The lowest BCUT2D eigenvalue weighted by atomic mass is 9.55.